The first-order valence-corrected chi connectivity index (χ1v) is 9.56. The minimum absolute atomic E-state index is 0.00468. The molecule has 3 fully saturated rings. The summed E-state index contributed by atoms with van der Waals surface area (Å²) >= 11 is 0. The zero-order chi connectivity index (χ0) is 18.4. The molecule has 4 aliphatic rings. The molecule has 7 atom stereocenters. The average molecular weight is 350 g/mol. The standard InChI is InChI=1S/C20H30O5/c1-10(2)15-13(22)8-18(3)5-6-19(4)12(16(15)18)7-14-11(9-21)17(23)20(19,24)25-14/h10-12,14,17,21,23-24H,5-9H2,1-4H3/t11-,12+,14+,17+,18-,19+,20+/m0/s1. The summed E-state index contributed by atoms with van der Waals surface area (Å²) in [5, 5.41) is 31.8. The van der Waals surface area contributed by atoms with Gasteiger partial charge in [0.25, 0.3) is 0 Å². The Hall–Kier alpha value is -0.750. The van der Waals surface area contributed by atoms with Crippen molar-refractivity contribution in [3.05, 3.63) is 11.1 Å². The first kappa shape index (κ1) is 17.7. The van der Waals surface area contributed by atoms with Gasteiger partial charge in [-0.05, 0) is 42.1 Å². The molecule has 2 aliphatic carbocycles. The lowest BCUT2D eigenvalue weighted by Crippen LogP contribution is -2.62. The Morgan fingerprint density at radius 2 is 1.96 bits per heavy atom. The van der Waals surface area contributed by atoms with E-state index in [1.54, 1.807) is 0 Å². The minimum atomic E-state index is -1.66. The number of hydrogen-bond donors (Lipinski definition) is 3. The van der Waals surface area contributed by atoms with Crippen molar-refractivity contribution in [3.63, 3.8) is 0 Å². The molecule has 0 radical (unpaired) electrons. The number of aliphatic hydroxyl groups excluding tert-OH is 2. The van der Waals surface area contributed by atoms with E-state index in [1.807, 2.05) is 6.92 Å². The van der Waals surface area contributed by atoms with Crippen molar-refractivity contribution in [2.24, 2.45) is 28.6 Å². The van der Waals surface area contributed by atoms with Crippen LogP contribution in [0.25, 0.3) is 0 Å². The van der Waals surface area contributed by atoms with E-state index in [2.05, 4.69) is 20.8 Å². The highest BCUT2D eigenvalue weighted by atomic mass is 16.7. The Bertz CT molecular complexity index is 654. The van der Waals surface area contributed by atoms with Crippen LogP contribution in [-0.2, 0) is 9.53 Å². The molecule has 2 aliphatic heterocycles. The van der Waals surface area contributed by atoms with Crippen LogP contribution < -0.4 is 0 Å². The molecule has 3 N–H and O–H groups in total. The Balaban J connectivity index is 1.89. The number of carbonyl (C=O) groups is 1. The van der Waals surface area contributed by atoms with Crippen LogP contribution in [0.15, 0.2) is 11.1 Å². The molecule has 0 spiro atoms. The van der Waals surface area contributed by atoms with E-state index in [4.69, 9.17) is 4.74 Å². The van der Waals surface area contributed by atoms with Gasteiger partial charge in [-0.15, -0.1) is 0 Å². The zero-order valence-corrected chi connectivity index (χ0v) is 15.6. The summed E-state index contributed by atoms with van der Waals surface area (Å²) in [6, 6.07) is 0. The van der Waals surface area contributed by atoms with Gasteiger partial charge in [0, 0.05) is 17.8 Å². The van der Waals surface area contributed by atoms with Crippen molar-refractivity contribution in [2.45, 2.75) is 71.4 Å². The normalized spacial score (nSPS) is 51.9. The largest absolute Gasteiger partial charge is 0.396 e. The lowest BCUT2D eigenvalue weighted by Gasteiger charge is -2.58. The van der Waals surface area contributed by atoms with Gasteiger partial charge in [-0.25, -0.2) is 0 Å². The molecule has 5 nitrogen and oxygen atoms in total. The second-order valence-corrected chi connectivity index (χ2v) is 9.49. The molecule has 2 bridgehead atoms. The minimum Gasteiger partial charge on any atom is -0.396 e. The molecule has 4 rings (SSSR count). The molecule has 0 amide bonds. The predicted octanol–water partition coefficient (Wildman–Crippen LogP) is 1.79. The molecule has 1 saturated carbocycles. The molecule has 0 aromatic carbocycles. The quantitative estimate of drug-likeness (QED) is 0.707. The van der Waals surface area contributed by atoms with Crippen LogP contribution in [0.2, 0.25) is 0 Å². The van der Waals surface area contributed by atoms with E-state index in [-0.39, 0.29) is 35.7 Å². The number of allylic oxidation sites excluding steroid dienone is 2. The van der Waals surface area contributed by atoms with Crippen molar-refractivity contribution in [1.29, 1.82) is 0 Å². The van der Waals surface area contributed by atoms with E-state index in [0.717, 1.165) is 12.0 Å². The summed E-state index contributed by atoms with van der Waals surface area (Å²) in [7, 11) is 0. The van der Waals surface area contributed by atoms with Crippen LogP contribution >= 0.6 is 0 Å². The number of ether oxygens (including phenoxy) is 1. The molecular formula is C20H30O5. The van der Waals surface area contributed by atoms with E-state index in [9.17, 15) is 20.1 Å². The molecule has 5 heteroatoms. The molecule has 0 aromatic rings. The van der Waals surface area contributed by atoms with Gasteiger partial charge in [0.1, 0.15) is 6.10 Å². The SMILES string of the molecule is CC(C)C1=C2[C@H]3C[C@H]4O[C@](O)([C@H](O)[C@H]4CO)[C@]3(C)CC[C@@]2(C)CC1=O. The fraction of sp³-hybridized carbons (Fsp3) is 0.850. The topological polar surface area (TPSA) is 87.0 Å². The van der Waals surface area contributed by atoms with Gasteiger partial charge >= 0.3 is 0 Å². The molecule has 140 valence electrons. The van der Waals surface area contributed by atoms with Gasteiger partial charge in [0.15, 0.2) is 11.6 Å². The van der Waals surface area contributed by atoms with E-state index in [0.29, 0.717) is 19.3 Å². The maximum absolute atomic E-state index is 12.8. The molecule has 0 aromatic heterocycles. The zero-order valence-electron chi connectivity index (χ0n) is 15.6. The number of Topliss-reactive ketones (excluding diaryl/α,β-unsaturated/α-hetero) is 1. The smallest absolute Gasteiger partial charge is 0.198 e. The lowest BCUT2D eigenvalue weighted by atomic mass is 9.52. The number of aliphatic hydroxyl groups is 3. The monoisotopic (exact) mass is 350 g/mol. The Morgan fingerprint density at radius 1 is 1.28 bits per heavy atom. The third-order valence-corrected chi connectivity index (χ3v) is 7.79. The summed E-state index contributed by atoms with van der Waals surface area (Å²) in [4.78, 5) is 12.8. The number of ketones is 1. The first-order valence-electron chi connectivity index (χ1n) is 9.56. The maximum atomic E-state index is 12.8. The average Bonchev–Trinajstić information content (AvgIpc) is 2.92. The third-order valence-electron chi connectivity index (χ3n) is 7.79. The van der Waals surface area contributed by atoms with Crippen molar-refractivity contribution < 1.29 is 24.9 Å². The Kier molecular flexibility index (Phi) is 3.64. The predicted molar refractivity (Wildman–Crippen MR) is 91.4 cm³/mol. The van der Waals surface area contributed by atoms with Gasteiger partial charge < -0.3 is 20.1 Å². The van der Waals surface area contributed by atoms with Crippen molar-refractivity contribution in [2.75, 3.05) is 6.61 Å². The Morgan fingerprint density at radius 3 is 2.56 bits per heavy atom. The van der Waals surface area contributed by atoms with Crippen LogP contribution in [0.1, 0.15) is 53.4 Å². The summed E-state index contributed by atoms with van der Waals surface area (Å²) in [6.45, 7) is 8.09. The summed E-state index contributed by atoms with van der Waals surface area (Å²) in [5.74, 6) is -1.73. The van der Waals surface area contributed by atoms with Crippen LogP contribution in [0.4, 0.5) is 0 Å². The highest BCUT2D eigenvalue weighted by molar-refractivity contribution is 6.00. The van der Waals surface area contributed by atoms with Gasteiger partial charge in [0.2, 0.25) is 0 Å². The highest BCUT2D eigenvalue weighted by Gasteiger charge is 2.71. The summed E-state index contributed by atoms with van der Waals surface area (Å²) in [6.07, 6.45) is 1.25. The molecule has 0 unspecified atom stereocenters. The number of rotatable bonds is 2. The van der Waals surface area contributed by atoms with Crippen LogP contribution in [0.3, 0.4) is 0 Å². The highest BCUT2D eigenvalue weighted by Crippen LogP contribution is 2.68. The van der Waals surface area contributed by atoms with Crippen LogP contribution in [0.5, 0.6) is 0 Å². The fourth-order valence-corrected chi connectivity index (χ4v) is 6.35. The van der Waals surface area contributed by atoms with Crippen molar-refractivity contribution in [3.8, 4) is 0 Å². The van der Waals surface area contributed by atoms with E-state index >= 15 is 0 Å². The molecular weight excluding hydrogens is 320 g/mol. The van der Waals surface area contributed by atoms with Crippen molar-refractivity contribution >= 4 is 5.78 Å². The number of carbonyl (C=O) groups excluding carboxylic acids is 1. The number of hydrogen-bond acceptors (Lipinski definition) is 5. The maximum Gasteiger partial charge on any atom is 0.198 e. The van der Waals surface area contributed by atoms with Gasteiger partial charge in [-0.3, -0.25) is 4.79 Å². The van der Waals surface area contributed by atoms with Crippen LogP contribution in [0, 0.1) is 28.6 Å². The molecule has 2 saturated heterocycles. The first-order chi connectivity index (χ1) is 11.6. The second-order valence-electron chi connectivity index (χ2n) is 9.49. The molecule has 25 heavy (non-hydrogen) atoms. The summed E-state index contributed by atoms with van der Waals surface area (Å²) in [5.41, 5.74) is 1.33. The fourth-order valence-electron chi connectivity index (χ4n) is 6.35. The van der Waals surface area contributed by atoms with E-state index < -0.39 is 23.2 Å². The van der Waals surface area contributed by atoms with Crippen molar-refractivity contribution in [1.82, 2.24) is 0 Å². The van der Waals surface area contributed by atoms with E-state index in [1.165, 1.54) is 5.57 Å². The lowest BCUT2D eigenvalue weighted by molar-refractivity contribution is -0.328. The number of fused-ring (bicyclic) bond motifs is 6. The van der Waals surface area contributed by atoms with Gasteiger partial charge in [-0.1, -0.05) is 33.3 Å². The Labute approximate surface area is 149 Å². The van der Waals surface area contributed by atoms with Gasteiger partial charge in [0.05, 0.1) is 12.7 Å². The third kappa shape index (κ3) is 1.96. The summed E-state index contributed by atoms with van der Waals surface area (Å²) < 4.78 is 5.92. The van der Waals surface area contributed by atoms with Gasteiger partial charge in [-0.2, -0.15) is 0 Å². The molecule has 2 heterocycles. The second kappa shape index (κ2) is 5.16. The van der Waals surface area contributed by atoms with Crippen LogP contribution in [-0.4, -0.2) is 45.7 Å².